The number of nitrogens with one attached hydrogen (secondary N) is 1. The van der Waals surface area contributed by atoms with Gasteiger partial charge in [0, 0.05) is 32.2 Å². The first-order chi connectivity index (χ1) is 8.77. The molecule has 0 saturated carbocycles. The van der Waals surface area contributed by atoms with Crippen LogP contribution in [0.4, 0.5) is 0 Å². The van der Waals surface area contributed by atoms with Gasteiger partial charge in [-0.05, 0) is 24.3 Å². The van der Waals surface area contributed by atoms with E-state index in [1.807, 2.05) is 0 Å². The lowest BCUT2D eigenvalue weighted by atomic mass is 9.96. The van der Waals surface area contributed by atoms with Crippen LogP contribution in [-0.4, -0.2) is 31.1 Å². The molecule has 0 aromatic heterocycles. The molecule has 0 bridgehead atoms. The lowest BCUT2D eigenvalue weighted by Gasteiger charge is -2.35. The molecule has 1 heterocycles. The first-order valence-electron chi connectivity index (χ1n) is 7.27. The molecule has 100 valence electrons. The monoisotopic (exact) mass is 246 g/mol. The molecule has 0 unspecified atom stereocenters. The third kappa shape index (κ3) is 3.82. The van der Waals surface area contributed by atoms with Gasteiger partial charge < -0.3 is 5.32 Å². The van der Waals surface area contributed by atoms with Crippen LogP contribution in [0.1, 0.15) is 38.3 Å². The molecule has 0 amide bonds. The molecule has 1 aliphatic rings. The number of rotatable bonds is 5. The molecule has 1 N–H and O–H groups in total. The van der Waals surface area contributed by atoms with Gasteiger partial charge in [0.15, 0.2) is 0 Å². The van der Waals surface area contributed by atoms with Gasteiger partial charge in [0.25, 0.3) is 0 Å². The van der Waals surface area contributed by atoms with Crippen molar-refractivity contribution in [2.45, 2.75) is 32.7 Å². The third-order valence-electron chi connectivity index (χ3n) is 3.79. The summed E-state index contributed by atoms with van der Waals surface area (Å²) in [6, 6.07) is 11.6. The minimum Gasteiger partial charge on any atom is -0.314 e. The second-order valence-corrected chi connectivity index (χ2v) is 5.68. The van der Waals surface area contributed by atoms with Crippen LogP contribution in [0.2, 0.25) is 0 Å². The quantitative estimate of drug-likeness (QED) is 0.859. The van der Waals surface area contributed by atoms with Crippen LogP contribution in [0.15, 0.2) is 30.3 Å². The highest BCUT2D eigenvalue weighted by Crippen LogP contribution is 2.27. The second kappa shape index (κ2) is 6.91. The van der Waals surface area contributed by atoms with Gasteiger partial charge in [-0.25, -0.2) is 0 Å². The summed E-state index contributed by atoms with van der Waals surface area (Å²) >= 11 is 0. The van der Waals surface area contributed by atoms with Crippen LogP contribution < -0.4 is 5.32 Å². The molecule has 0 spiro atoms. The van der Waals surface area contributed by atoms with Crippen molar-refractivity contribution < 1.29 is 0 Å². The summed E-state index contributed by atoms with van der Waals surface area (Å²) in [5.41, 5.74) is 1.49. The van der Waals surface area contributed by atoms with Crippen LogP contribution in [0.3, 0.4) is 0 Å². The van der Waals surface area contributed by atoms with Crippen LogP contribution in [0.25, 0.3) is 0 Å². The summed E-state index contributed by atoms with van der Waals surface area (Å²) in [5.74, 6) is 0.791. The predicted molar refractivity (Wildman–Crippen MR) is 77.7 cm³/mol. The van der Waals surface area contributed by atoms with E-state index in [9.17, 15) is 0 Å². The molecule has 1 saturated heterocycles. The van der Waals surface area contributed by atoms with Crippen molar-refractivity contribution in [3.05, 3.63) is 35.9 Å². The Morgan fingerprint density at radius 1 is 1.06 bits per heavy atom. The number of benzene rings is 1. The fourth-order valence-electron chi connectivity index (χ4n) is 2.72. The van der Waals surface area contributed by atoms with E-state index in [2.05, 4.69) is 54.4 Å². The largest absolute Gasteiger partial charge is 0.314 e. The minimum absolute atomic E-state index is 0.607. The molecular formula is C16H26N2. The molecule has 2 rings (SSSR count). The van der Waals surface area contributed by atoms with Crippen molar-refractivity contribution >= 4 is 0 Å². The molecule has 1 aromatic carbocycles. The Morgan fingerprint density at radius 3 is 2.33 bits per heavy atom. The van der Waals surface area contributed by atoms with Crippen LogP contribution in [0.5, 0.6) is 0 Å². The van der Waals surface area contributed by atoms with Gasteiger partial charge >= 0.3 is 0 Å². The molecule has 1 fully saturated rings. The van der Waals surface area contributed by atoms with Gasteiger partial charge in [0.2, 0.25) is 0 Å². The van der Waals surface area contributed by atoms with Gasteiger partial charge in [-0.2, -0.15) is 0 Å². The number of nitrogens with zero attached hydrogens (tertiary/aromatic N) is 1. The lowest BCUT2D eigenvalue weighted by Crippen LogP contribution is -2.45. The van der Waals surface area contributed by atoms with Crippen molar-refractivity contribution in [2.24, 2.45) is 5.92 Å². The van der Waals surface area contributed by atoms with Crippen molar-refractivity contribution in [2.75, 3.05) is 26.2 Å². The predicted octanol–water partition coefficient (Wildman–Crippen LogP) is 3.07. The first kappa shape index (κ1) is 13.6. The molecular weight excluding hydrogens is 220 g/mol. The topological polar surface area (TPSA) is 15.3 Å². The zero-order chi connectivity index (χ0) is 12.8. The summed E-state index contributed by atoms with van der Waals surface area (Å²) in [7, 11) is 0. The molecule has 1 atom stereocenters. The van der Waals surface area contributed by atoms with Gasteiger partial charge in [0.1, 0.15) is 0 Å². The Labute approximate surface area is 111 Å². The molecule has 0 radical (unpaired) electrons. The zero-order valence-electron chi connectivity index (χ0n) is 11.7. The van der Waals surface area contributed by atoms with E-state index in [1.54, 1.807) is 0 Å². The van der Waals surface area contributed by atoms with Crippen molar-refractivity contribution in [3.8, 4) is 0 Å². The van der Waals surface area contributed by atoms with E-state index in [0.29, 0.717) is 6.04 Å². The van der Waals surface area contributed by atoms with Crippen LogP contribution in [-0.2, 0) is 0 Å². The van der Waals surface area contributed by atoms with E-state index in [0.717, 1.165) is 19.0 Å². The van der Waals surface area contributed by atoms with E-state index in [-0.39, 0.29) is 0 Å². The van der Waals surface area contributed by atoms with Gasteiger partial charge in [-0.15, -0.1) is 0 Å². The Balaban J connectivity index is 2.06. The number of hydrogen-bond donors (Lipinski definition) is 1. The lowest BCUT2D eigenvalue weighted by molar-refractivity contribution is 0.160. The van der Waals surface area contributed by atoms with E-state index in [1.165, 1.54) is 31.5 Å². The maximum absolute atomic E-state index is 3.44. The third-order valence-corrected chi connectivity index (χ3v) is 3.79. The molecule has 2 nitrogen and oxygen atoms in total. The minimum atomic E-state index is 0.607. The molecule has 0 aliphatic carbocycles. The molecule has 1 aliphatic heterocycles. The van der Waals surface area contributed by atoms with E-state index >= 15 is 0 Å². The Hall–Kier alpha value is -0.860. The highest BCUT2D eigenvalue weighted by Gasteiger charge is 2.21. The van der Waals surface area contributed by atoms with Gasteiger partial charge in [-0.1, -0.05) is 44.2 Å². The summed E-state index contributed by atoms with van der Waals surface area (Å²) in [6.45, 7) is 9.25. The summed E-state index contributed by atoms with van der Waals surface area (Å²) in [4.78, 5) is 2.65. The van der Waals surface area contributed by atoms with Crippen molar-refractivity contribution in [1.29, 1.82) is 0 Å². The van der Waals surface area contributed by atoms with Crippen LogP contribution >= 0.6 is 0 Å². The summed E-state index contributed by atoms with van der Waals surface area (Å²) < 4.78 is 0. The Kier molecular flexibility index (Phi) is 5.21. The Bertz CT molecular complexity index is 328. The second-order valence-electron chi connectivity index (χ2n) is 5.68. The Morgan fingerprint density at radius 2 is 1.72 bits per heavy atom. The normalized spacial score (nSPS) is 19.1. The maximum atomic E-state index is 3.44. The van der Waals surface area contributed by atoms with E-state index in [4.69, 9.17) is 0 Å². The molecule has 18 heavy (non-hydrogen) atoms. The van der Waals surface area contributed by atoms with Crippen molar-refractivity contribution in [3.63, 3.8) is 0 Å². The highest BCUT2D eigenvalue weighted by molar-refractivity contribution is 5.19. The van der Waals surface area contributed by atoms with Gasteiger partial charge in [-0.3, -0.25) is 4.90 Å². The average molecular weight is 246 g/mol. The number of piperazine rings is 1. The average Bonchev–Trinajstić information content (AvgIpc) is 2.41. The zero-order valence-corrected chi connectivity index (χ0v) is 11.7. The fourth-order valence-corrected chi connectivity index (χ4v) is 2.72. The van der Waals surface area contributed by atoms with E-state index < -0.39 is 0 Å². The SMILES string of the molecule is CC(C)CC[C@@H](c1ccccc1)N1CCNCC1. The standard InChI is InChI=1S/C16H26N2/c1-14(2)8-9-16(15-6-4-3-5-7-15)18-12-10-17-11-13-18/h3-7,14,16-17H,8-13H2,1-2H3/t16-/m0/s1. The van der Waals surface area contributed by atoms with Crippen molar-refractivity contribution in [1.82, 2.24) is 10.2 Å². The van der Waals surface area contributed by atoms with Crippen LogP contribution in [0, 0.1) is 5.92 Å². The highest BCUT2D eigenvalue weighted by atomic mass is 15.2. The number of hydrogen-bond acceptors (Lipinski definition) is 2. The molecule has 2 heteroatoms. The summed E-state index contributed by atoms with van der Waals surface area (Å²) in [6.07, 6.45) is 2.59. The molecule has 1 aromatic rings. The maximum Gasteiger partial charge on any atom is 0.0349 e. The fraction of sp³-hybridized carbons (Fsp3) is 0.625. The van der Waals surface area contributed by atoms with Gasteiger partial charge in [0.05, 0.1) is 0 Å². The smallest absolute Gasteiger partial charge is 0.0349 e. The first-order valence-corrected chi connectivity index (χ1v) is 7.27. The summed E-state index contributed by atoms with van der Waals surface area (Å²) in [5, 5.41) is 3.44.